The first-order chi connectivity index (χ1) is 9.20. The summed E-state index contributed by atoms with van der Waals surface area (Å²) in [4.78, 5) is 15.9. The zero-order chi connectivity index (χ0) is 13.7. The number of hydrogen-bond acceptors (Lipinski definition) is 3. The number of nitrogens with two attached hydrogens (primary N) is 1. The molecular formula is C15H23N3O. The van der Waals surface area contributed by atoms with Crippen LogP contribution in [-0.2, 0) is 0 Å². The van der Waals surface area contributed by atoms with E-state index in [-0.39, 0.29) is 5.91 Å². The predicted octanol–water partition coefficient (Wildman–Crippen LogP) is 2.61. The van der Waals surface area contributed by atoms with Gasteiger partial charge < -0.3 is 11.1 Å². The van der Waals surface area contributed by atoms with E-state index in [0.717, 1.165) is 12.5 Å². The van der Waals surface area contributed by atoms with Gasteiger partial charge in [0.15, 0.2) is 0 Å². The molecule has 1 aromatic rings. The number of aromatic nitrogens is 1. The van der Waals surface area contributed by atoms with Crippen molar-refractivity contribution in [1.29, 1.82) is 0 Å². The Labute approximate surface area is 114 Å². The van der Waals surface area contributed by atoms with Crippen LogP contribution in [0.2, 0.25) is 0 Å². The van der Waals surface area contributed by atoms with E-state index in [2.05, 4.69) is 17.2 Å². The van der Waals surface area contributed by atoms with Crippen molar-refractivity contribution in [2.75, 3.05) is 12.3 Å². The van der Waals surface area contributed by atoms with Gasteiger partial charge in [-0.25, -0.2) is 4.98 Å². The Bertz CT molecular complexity index is 425. The number of amides is 1. The number of hydrogen-bond donors (Lipinski definition) is 2. The average molecular weight is 261 g/mol. The maximum Gasteiger partial charge on any atom is 0.255 e. The molecule has 0 aliphatic heterocycles. The van der Waals surface area contributed by atoms with Crippen LogP contribution in [0, 0.1) is 11.8 Å². The monoisotopic (exact) mass is 261 g/mol. The Hall–Kier alpha value is -1.58. The van der Waals surface area contributed by atoms with Crippen LogP contribution in [0.5, 0.6) is 0 Å². The van der Waals surface area contributed by atoms with Gasteiger partial charge in [-0.05, 0) is 36.8 Å². The third kappa shape index (κ3) is 3.69. The number of pyridine rings is 1. The molecule has 1 aliphatic rings. The van der Waals surface area contributed by atoms with Crippen molar-refractivity contribution in [1.82, 2.24) is 10.3 Å². The second-order valence-electron chi connectivity index (χ2n) is 5.44. The van der Waals surface area contributed by atoms with Crippen molar-refractivity contribution in [3.8, 4) is 0 Å². The molecule has 104 valence electrons. The highest BCUT2D eigenvalue weighted by Crippen LogP contribution is 2.30. The Balaban J connectivity index is 1.80. The molecule has 19 heavy (non-hydrogen) atoms. The maximum atomic E-state index is 12.0. The second-order valence-corrected chi connectivity index (χ2v) is 5.44. The highest BCUT2D eigenvalue weighted by Gasteiger charge is 2.20. The molecule has 0 spiro atoms. The van der Waals surface area contributed by atoms with E-state index in [0.29, 0.717) is 17.3 Å². The third-order valence-electron chi connectivity index (χ3n) is 4.18. The van der Waals surface area contributed by atoms with Crippen molar-refractivity contribution >= 4 is 11.7 Å². The van der Waals surface area contributed by atoms with E-state index in [9.17, 15) is 4.79 Å². The summed E-state index contributed by atoms with van der Waals surface area (Å²) in [5.74, 6) is 1.70. The lowest BCUT2D eigenvalue weighted by molar-refractivity contribution is 0.0942. The summed E-state index contributed by atoms with van der Waals surface area (Å²) < 4.78 is 0. The average Bonchev–Trinajstić information content (AvgIpc) is 2.46. The van der Waals surface area contributed by atoms with E-state index in [4.69, 9.17) is 5.73 Å². The van der Waals surface area contributed by atoms with Crippen LogP contribution in [0.1, 0.15) is 49.4 Å². The van der Waals surface area contributed by atoms with Crippen molar-refractivity contribution < 1.29 is 4.79 Å². The van der Waals surface area contributed by atoms with Gasteiger partial charge in [0.1, 0.15) is 5.82 Å². The Morgan fingerprint density at radius 2 is 2.05 bits per heavy atom. The molecule has 0 aromatic carbocycles. The predicted molar refractivity (Wildman–Crippen MR) is 76.7 cm³/mol. The number of nitrogens with one attached hydrogen (secondary N) is 1. The van der Waals surface area contributed by atoms with Crippen LogP contribution >= 0.6 is 0 Å². The first-order valence-electron chi connectivity index (χ1n) is 7.19. The summed E-state index contributed by atoms with van der Waals surface area (Å²) in [6, 6.07) is 3.45. The zero-order valence-electron chi connectivity index (χ0n) is 11.6. The molecule has 2 rings (SSSR count). The fourth-order valence-electron chi connectivity index (χ4n) is 2.79. The Kier molecular flexibility index (Phi) is 4.77. The van der Waals surface area contributed by atoms with Gasteiger partial charge in [0, 0.05) is 12.7 Å². The van der Waals surface area contributed by atoms with E-state index in [1.165, 1.54) is 32.1 Å². The van der Waals surface area contributed by atoms with Crippen LogP contribution in [0.25, 0.3) is 0 Å². The normalized spacial score (nSPS) is 23.0. The van der Waals surface area contributed by atoms with Gasteiger partial charge >= 0.3 is 0 Å². The minimum atomic E-state index is -0.108. The summed E-state index contributed by atoms with van der Waals surface area (Å²) in [5, 5.41) is 2.98. The number of nitrogens with zero attached hydrogens (tertiary/aromatic N) is 1. The third-order valence-corrected chi connectivity index (χ3v) is 4.18. The van der Waals surface area contributed by atoms with E-state index < -0.39 is 0 Å². The minimum absolute atomic E-state index is 0.108. The molecular weight excluding hydrogens is 238 g/mol. The highest BCUT2D eigenvalue weighted by molar-refractivity contribution is 5.98. The standard InChI is InChI=1S/C15H23N3O/c1-2-11-5-7-12(8-6-11)10-18-15(19)13-4-3-9-17-14(13)16/h3-4,9,11-12H,2,5-8,10H2,1H3,(H2,16,17)(H,18,19). The van der Waals surface area contributed by atoms with E-state index in [1.807, 2.05) is 0 Å². The first kappa shape index (κ1) is 13.8. The SMILES string of the molecule is CCC1CCC(CNC(=O)c2cccnc2N)CC1. The van der Waals surface area contributed by atoms with Gasteiger partial charge in [-0.3, -0.25) is 4.79 Å². The molecule has 0 bridgehead atoms. The lowest BCUT2D eigenvalue weighted by Gasteiger charge is -2.27. The first-order valence-corrected chi connectivity index (χ1v) is 7.19. The molecule has 1 aromatic heterocycles. The Morgan fingerprint density at radius 3 is 2.68 bits per heavy atom. The zero-order valence-corrected chi connectivity index (χ0v) is 11.6. The summed E-state index contributed by atoms with van der Waals surface area (Å²) in [5.41, 5.74) is 6.17. The molecule has 0 saturated heterocycles. The van der Waals surface area contributed by atoms with Crippen LogP contribution in [0.4, 0.5) is 5.82 Å². The summed E-state index contributed by atoms with van der Waals surface area (Å²) >= 11 is 0. The molecule has 4 nitrogen and oxygen atoms in total. The van der Waals surface area contributed by atoms with Crippen LogP contribution in [-0.4, -0.2) is 17.4 Å². The molecule has 0 unspecified atom stereocenters. The Morgan fingerprint density at radius 1 is 1.37 bits per heavy atom. The molecule has 0 radical (unpaired) electrons. The summed E-state index contributed by atoms with van der Waals surface area (Å²) in [6.45, 7) is 3.02. The fourth-order valence-corrected chi connectivity index (χ4v) is 2.79. The number of nitrogen functional groups attached to an aromatic ring is 1. The van der Waals surface area contributed by atoms with Crippen molar-refractivity contribution in [3.05, 3.63) is 23.9 Å². The van der Waals surface area contributed by atoms with Crippen LogP contribution in [0.3, 0.4) is 0 Å². The molecule has 1 amide bonds. The summed E-state index contributed by atoms with van der Waals surface area (Å²) in [7, 11) is 0. The molecule has 0 atom stereocenters. The topological polar surface area (TPSA) is 68.0 Å². The van der Waals surface area contributed by atoms with Gasteiger partial charge in [0.2, 0.25) is 0 Å². The van der Waals surface area contributed by atoms with Crippen LogP contribution in [0.15, 0.2) is 18.3 Å². The second kappa shape index (κ2) is 6.55. The molecule has 1 saturated carbocycles. The molecule has 1 heterocycles. The minimum Gasteiger partial charge on any atom is -0.383 e. The fraction of sp³-hybridized carbons (Fsp3) is 0.600. The lowest BCUT2D eigenvalue weighted by atomic mass is 9.81. The molecule has 4 heteroatoms. The van der Waals surface area contributed by atoms with Crippen molar-refractivity contribution in [2.24, 2.45) is 11.8 Å². The molecule has 1 aliphatic carbocycles. The quantitative estimate of drug-likeness (QED) is 0.875. The molecule has 3 N–H and O–H groups in total. The largest absolute Gasteiger partial charge is 0.383 e. The van der Waals surface area contributed by atoms with Gasteiger partial charge in [-0.15, -0.1) is 0 Å². The number of carbonyl (C=O) groups excluding carboxylic acids is 1. The maximum absolute atomic E-state index is 12.0. The smallest absolute Gasteiger partial charge is 0.255 e. The van der Waals surface area contributed by atoms with Gasteiger partial charge in [-0.1, -0.05) is 26.2 Å². The van der Waals surface area contributed by atoms with Crippen LogP contribution < -0.4 is 11.1 Å². The van der Waals surface area contributed by atoms with Gasteiger partial charge in [0.25, 0.3) is 5.91 Å². The van der Waals surface area contributed by atoms with Gasteiger partial charge in [0.05, 0.1) is 5.56 Å². The van der Waals surface area contributed by atoms with E-state index in [1.54, 1.807) is 18.3 Å². The van der Waals surface area contributed by atoms with Crippen molar-refractivity contribution in [2.45, 2.75) is 39.0 Å². The number of carbonyl (C=O) groups is 1. The number of rotatable bonds is 4. The lowest BCUT2D eigenvalue weighted by Crippen LogP contribution is -2.31. The number of anilines is 1. The van der Waals surface area contributed by atoms with E-state index >= 15 is 0 Å². The molecule has 1 fully saturated rings. The van der Waals surface area contributed by atoms with Gasteiger partial charge in [-0.2, -0.15) is 0 Å². The summed E-state index contributed by atoms with van der Waals surface area (Å²) in [6.07, 6.45) is 7.92. The van der Waals surface area contributed by atoms with Crippen molar-refractivity contribution in [3.63, 3.8) is 0 Å². The highest BCUT2D eigenvalue weighted by atomic mass is 16.1.